The highest BCUT2D eigenvalue weighted by Crippen LogP contribution is 2.31. The second-order valence-corrected chi connectivity index (χ2v) is 5.94. The number of aryl methyl sites for hydroxylation is 1. The molecule has 1 aliphatic heterocycles. The third-order valence-corrected chi connectivity index (χ3v) is 4.27. The molecule has 1 saturated carbocycles. The molecule has 0 saturated heterocycles. The zero-order valence-corrected chi connectivity index (χ0v) is 11.7. The summed E-state index contributed by atoms with van der Waals surface area (Å²) in [7, 11) is 0. The molecule has 0 unspecified atom stereocenters. The molecule has 0 atom stereocenters. The van der Waals surface area contributed by atoms with Crippen LogP contribution in [0, 0.1) is 0 Å². The minimum Gasteiger partial charge on any atom is -0.491 e. The maximum atomic E-state index is 11.4. The zero-order valence-electron chi connectivity index (χ0n) is 11.7. The molecule has 0 aromatic heterocycles. The first-order valence-corrected chi connectivity index (χ1v) is 7.43. The minimum absolute atomic E-state index is 0.0561. The molecule has 0 spiro atoms. The van der Waals surface area contributed by atoms with Crippen LogP contribution < -0.4 is 10.1 Å². The van der Waals surface area contributed by atoms with Gasteiger partial charge >= 0.3 is 0 Å². The number of benzene rings is 1. The van der Waals surface area contributed by atoms with Crippen molar-refractivity contribution in [1.29, 1.82) is 0 Å². The van der Waals surface area contributed by atoms with E-state index in [9.17, 15) is 9.90 Å². The Morgan fingerprint density at radius 1 is 1.20 bits per heavy atom. The van der Waals surface area contributed by atoms with E-state index in [0.29, 0.717) is 18.8 Å². The molecule has 3 rings (SSSR count). The number of nitrogens with one attached hydrogen (secondary N) is 1. The Hall–Kier alpha value is -1.55. The minimum atomic E-state index is -0.683. The van der Waals surface area contributed by atoms with Crippen molar-refractivity contribution in [3.63, 3.8) is 0 Å². The Morgan fingerprint density at radius 3 is 2.80 bits per heavy atom. The quantitative estimate of drug-likeness (QED) is 0.891. The molecular weight excluding hydrogens is 254 g/mol. The molecule has 1 aromatic carbocycles. The molecule has 20 heavy (non-hydrogen) atoms. The van der Waals surface area contributed by atoms with Gasteiger partial charge in [-0.15, -0.1) is 0 Å². The van der Waals surface area contributed by atoms with Gasteiger partial charge in [0, 0.05) is 18.2 Å². The summed E-state index contributed by atoms with van der Waals surface area (Å²) in [6.45, 7) is 0.333. The standard InChI is InChI=1S/C16H21NO3/c18-15-7-5-12-4-6-13(10-14(12)17-15)20-11-16(19)8-2-1-3-9-16/h4,6,10,19H,1-3,5,7-9,11H2,(H,17,18). The van der Waals surface area contributed by atoms with Crippen molar-refractivity contribution in [2.75, 3.05) is 11.9 Å². The van der Waals surface area contributed by atoms with E-state index in [1.54, 1.807) is 0 Å². The lowest BCUT2D eigenvalue weighted by Gasteiger charge is -2.31. The van der Waals surface area contributed by atoms with Crippen LogP contribution in [0.4, 0.5) is 5.69 Å². The number of amides is 1. The summed E-state index contributed by atoms with van der Waals surface area (Å²) in [5.74, 6) is 0.769. The van der Waals surface area contributed by atoms with Crippen LogP contribution in [0.3, 0.4) is 0 Å². The summed E-state index contributed by atoms with van der Waals surface area (Å²) in [5.41, 5.74) is 1.31. The molecule has 1 aromatic rings. The topological polar surface area (TPSA) is 58.6 Å². The number of rotatable bonds is 3. The van der Waals surface area contributed by atoms with Crippen LogP contribution in [-0.2, 0) is 11.2 Å². The molecule has 4 nitrogen and oxygen atoms in total. The Bertz CT molecular complexity index is 506. The number of ether oxygens (including phenoxy) is 1. The molecular formula is C16H21NO3. The van der Waals surface area contributed by atoms with Crippen molar-refractivity contribution in [3.05, 3.63) is 23.8 Å². The van der Waals surface area contributed by atoms with Gasteiger partial charge in [-0.05, 0) is 30.9 Å². The van der Waals surface area contributed by atoms with Crippen molar-refractivity contribution in [1.82, 2.24) is 0 Å². The molecule has 4 heteroatoms. The van der Waals surface area contributed by atoms with E-state index in [1.165, 1.54) is 6.42 Å². The predicted molar refractivity (Wildman–Crippen MR) is 76.9 cm³/mol. The van der Waals surface area contributed by atoms with E-state index < -0.39 is 5.60 Å². The zero-order chi connectivity index (χ0) is 14.0. The molecule has 1 heterocycles. The van der Waals surface area contributed by atoms with Crippen molar-refractivity contribution >= 4 is 11.6 Å². The number of carbonyl (C=O) groups is 1. The molecule has 1 amide bonds. The van der Waals surface area contributed by atoms with Gasteiger partial charge in [0.2, 0.25) is 5.91 Å². The van der Waals surface area contributed by atoms with Crippen molar-refractivity contribution in [2.45, 2.75) is 50.5 Å². The molecule has 1 fully saturated rings. The Morgan fingerprint density at radius 2 is 2.00 bits per heavy atom. The lowest BCUT2D eigenvalue weighted by Crippen LogP contribution is -2.37. The summed E-state index contributed by atoms with van der Waals surface area (Å²) in [6, 6.07) is 5.77. The number of aliphatic hydroxyl groups is 1. The normalized spacial score (nSPS) is 20.9. The van der Waals surface area contributed by atoms with E-state index in [2.05, 4.69) is 5.32 Å². The maximum absolute atomic E-state index is 11.4. The first-order valence-electron chi connectivity index (χ1n) is 7.43. The molecule has 2 aliphatic rings. The van der Waals surface area contributed by atoms with E-state index in [4.69, 9.17) is 4.74 Å². The van der Waals surface area contributed by atoms with Crippen molar-refractivity contribution in [2.24, 2.45) is 0 Å². The van der Waals surface area contributed by atoms with Crippen LogP contribution in [-0.4, -0.2) is 23.2 Å². The lowest BCUT2D eigenvalue weighted by molar-refractivity contribution is -0.116. The second-order valence-electron chi connectivity index (χ2n) is 5.94. The van der Waals surface area contributed by atoms with Gasteiger partial charge in [0.05, 0.1) is 5.60 Å². The fraction of sp³-hybridized carbons (Fsp3) is 0.562. The van der Waals surface area contributed by atoms with Gasteiger partial charge < -0.3 is 15.2 Å². The van der Waals surface area contributed by atoms with E-state index in [1.807, 2.05) is 18.2 Å². The van der Waals surface area contributed by atoms with Crippen LogP contribution >= 0.6 is 0 Å². The molecule has 2 N–H and O–H groups in total. The van der Waals surface area contributed by atoms with Gasteiger partial charge in [0.1, 0.15) is 12.4 Å². The highest BCUT2D eigenvalue weighted by Gasteiger charge is 2.30. The monoisotopic (exact) mass is 275 g/mol. The first kappa shape index (κ1) is 13.4. The van der Waals surface area contributed by atoms with Crippen LogP contribution in [0.15, 0.2) is 18.2 Å². The van der Waals surface area contributed by atoms with Gasteiger partial charge in [-0.25, -0.2) is 0 Å². The lowest BCUT2D eigenvalue weighted by atomic mass is 9.85. The van der Waals surface area contributed by atoms with Gasteiger partial charge in [0.25, 0.3) is 0 Å². The predicted octanol–water partition coefficient (Wildman–Crippen LogP) is 2.65. The van der Waals surface area contributed by atoms with Crippen molar-refractivity contribution < 1.29 is 14.6 Å². The van der Waals surface area contributed by atoms with Gasteiger partial charge in [-0.2, -0.15) is 0 Å². The Labute approximate surface area is 119 Å². The third-order valence-electron chi connectivity index (χ3n) is 4.27. The number of anilines is 1. The smallest absolute Gasteiger partial charge is 0.224 e. The molecule has 0 bridgehead atoms. The molecule has 0 radical (unpaired) electrons. The summed E-state index contributed by atoms with van der Waals surface area (Å²) in [6.07, 6.45) is 6.30. The van der Waals surface area contributed by atoms with Crippen LogP contribution in [0.2, 0.25) is 0 Å². The van der Waals surface area contributed by atoms with Crippen molar-refractivity contribution in [3.8, 4) is 5.75 Å². The summed E-state index contributed by atoms with van der Waals surface area (Å²) < 4.78 is 5.75. The van der Waals surface area contributed by atoms with Crippen LogP contribution in [0.25, 0.3) is 0 Å². The second kappa shape index (κ2) is 5.44. The average Bonchev–Trinajstić information content (AvgIpc) is 2.45. The van der Waals surface area contributed by atoms with E-state index in [0.717, 1.165) is 43.4 Å². The molecule has 1 aliphatic carbocycles. The summed E-state index contributed by atoms with van der Waals surface area (Å²) in [5, 5.41) is 13.3. The highest BCUT2D eigenvalue weighted by molar-refractivity contribution is 5.94. The Balaban J connectivity index is 1.66. The fourth-order valence-corrected chi connectivity index (χ4v) is 3.01. The summed E-state index contributed by atoms with van der Waals surface area (Å²) in [4.78, 5) is 11.4. The SMILES string of the molecule is O=C1CCc2ccc(OCC3(O)CCCCC3)cc2N1. The molecule has 108 valence electrons. The largest absolute Gasteiger partial charge is 0.491 e. The van der Waals surface area contributed by atoms with Crippen LogP contribution in [0.5, 0.6) is 5.75 Å². The maximum Gasteiger partial charge on any atom is 0.224 e. The number of hydrogen-bond donors (Lipinski definition) is 2. The number of fused-ring (bicyclic) bond motifs is 1. The van der Waals surface area contributed by atoms with Gasteiger partial charge in [-0.3, -0.25) is 4.79 Å². The van der Waals surface area contributed by atoms with Gasteiger partial charge in [0.15, 0.2) is 0 Å². The highest BCUT2D eigenvalue weighted by atomic mass is 16.5. The summed E-state index contributed by atoms with van der Waals surface area (Å²) >= 11 is 0. The van der Waals surface area contributed by atoms with E-state index >= 15 is 0 Å². The fourth-order valence-electron chi connectivity index (χ4n) is 3.01. The number of carbonyl (C=O) groups excluding carboxylic acids is 1. The van der Waals surface area contributed by atoms with Crippen LogP contribution in [0.1, 0.15) is 44.1 Å². The average molecular weight is 275 g/mol. The van der Waals surface area contributed by atoms with Gasteiger partial charge in [-0.1, -0.05) is 25.3 Å². The van der Waals surface area contributed by atoms with E-state index in [-0.39, 0.29) is 5.91 Å². The first-order chi connectivity index (χ1) is 9.65. The number of hydrogen-bond acceptors (Lipinski definition) is 3. The third kappa shape index (κ3) is 2.96. The Kier molecular flexibility index (Phi) is 3.66.